The van der Waals surface area contributed by atoms with E-state index in [2.05, 4.69) is 31.0 Å². The molecule has 0 aliphatic carbocycles. The van der Waals surface area contributed by atoms with Crippen molar-refractivity contribution in [2.45, 2.75) is 39.3 Å². The fourth-order valence-corrected chi connectivity index (χ4v) is 5.16. The maximum absolute atomic E-state index is 13.4. The summed E-state index contributed by atoms with van der Waals surface area (Å²) in [6.07, 6.45) is 1.87. The van der Waals surface area contributed by atoms with E-state index in [1.165, 1.54) is 16.0 Å². The molecule has 2 aromatic rings. The van der Waals surface area contributed by atoms with Crippen molar-refractivity contribution in [3.8, 4) is 5.75 Å². The molecule has 0 saturated carbocycles. The Morgan fingerprint density at radius 3 is 2.94 bits per heavy atom. The van der Waals surface area contributed by atoms with Crippen molar-refractivity contribution in [2.75, 3.05) is 46.0 Å². The summed E-state index contributed by atoms with van der Waals surface area (Å²) in [5.41, 5.74) is 3.48. The van der Waals surface area contributed by atoms with Crippen LogP contribution >= 0.6 is 11.3 Å². The van der Waals surface area contributed by atoms with Crippen LogP contribution in [0, 0.1) is 13.8 Å². The summed E-state index contributed by atoms with van der Waals surface area (Å²) in [6, 6.07) is 8.16. The Labute approximate surface area is 201 Å². The highest BCUT2D eigenvalue weighted by atomic mass is 32.1. The molecule has 3 rings (SSSR count). The summed E-state index contributed by atoms with van der Waals surface area (Å²) >= 11 is 1.75. The third kappa shape index (κ3) is 6.90. The van der Waals surface area contributed by atoms with E-state index in [0.717, 1.165) is 17.7 Å². The van der Waals surface area contributed by atoms with Gasteiger partial charge in [-0.1, -0.05) is 30.7 Å². The Morgan fingerprint density at radius 1 is 1.39 bits per heavy atom. The van der Waals surface area contributed by atoms with Gasteiger partial charge in [0, 0.05) is 18.0 Å². The molecule has 1 aliphatic heterocycles. The van der Waals surface area contributed by atoms with Crippen LogP contribution in [0.15, 0.2) is 42.3 Å². The number of carbonyl (C=O) groups is 1. The van der Waals surface area contributed by atoms with Gasteiger partial charge < -0.3 is 19.5 Å². The van der Waals surface area contributed by atoms with Crippen molar-refractivity contribution < 1.29 is 19.4 Å². The number of carbonyl (C=O) groups excluding carboxylic acids is 1. The highest BCUT2D eigenvalue weighted by molar-refractivity contribution is 7.10. The molecule has 1 amide bonds. The second-order valence-corrected chi connectivity index (χ2v) is 9.54. The Kier molecular flexibility index (Phi) is 9.50. The number of likely N-dealkylation sites (N-methyl/N-ethyl adjacent to an activating group) is 1. The molecule has 1 aromatic carbocycles. The van der Waals surface area contributed by atoms with Gasteiger partial charge in [-0.15, -0.1) is 17.9 Å². The maximum Gasteiger partial charge on any atom is 0.237 e. The first-order valence-corrected chi connectivity index (χ1v) is 12.5. The summed E-state index contributed by atoms with van der Waals surface area (Å²) in [4.78, 5) is 18.6. The zero-order valence-electron chi connectivity index (χ0n) is 20.0. The lowest BCUT2D eigenvalue weighted by Gasteiger charge is -2.37. The summed E-state index contributed by atoms with van der Waals surface area (Å²) in [5, 5.41) is 12.4. The van der Waals surface area contributed by atoms with Crippen molar-refractivity contribution in [1.82, 2.24) is 9.80 Å². The SMILES string of the molecule is C=CCOC[C@@H](O)CN(CC)CC(=O)N1CCc2sccc2[C@@H]1COc1ccc(C)cc1C. The molecule has 1 aromatic heterocycles. The van der Waals surface area contributed by atoms with Crippen LogP contribution in [0.2, 0.25) is 0 Å². The van der Waals surface area contributed by atoms with Gasteiger partial charge in [-0.2, -0.15) is 0 Å². The number of ether oxygens (including phenoxy) is 2. The topological polar surface area (TPSA) is 62.2 Å². The van der Waals surface area contributed by atoms with E-state index < -0.39 is 6.10 Å². The zero-order valence-corrected chi connectivity index (χ0v) is 20.8. The van der Waals surface area contributed by atoms with E-state index in [0.29, 0.717) is 32.8 Å². The van der Waals surface area contributed by atoms with Gasteiger partial charge >= 0.3 is 0 Å². The molecule has 0 bridgehead atoms. The first-order valence-electron chi connectivity index (χ1n) is 11.6. The monoisotopic (exact) mass is 472 g/mol. The summed E-state index contributed by atoms with van der Waals surface area (Å²) in [6.45, 7) is 12.8. The minimum Gasteiger partial charge on any atom is -0.491 e. The molecule has 0 fully saturated rings. The Hall–Kier alpha value is -2.19. The van der Waals surface area contributed by atoms with E-state index in [4.69, 9.17) is 9.47 Å². The fourth-order valence-electron chi connectivity index (χ4n) is 4.23. The van der Waals surface area contributed by atoms with E-state index >= 15 is 0 Å². The number of aryl methyl sites for hydroxylation is 2. The number of aliphatic hydroxyl groups is 1. The average molecular weight is 473 g/mol. The average Bonchev–Trinajstić information content (AvgIpc) is 3.27. The van der Waals surface area contributed by atoms with Crippen LogP contribution in [-0.2, 0) is 16.0 Å². The molecule has 0 radical (unpaired) electrons. The van der Waals surface area contributed by atoms with Gasteiger partial charge in [0.25, 0.3) is 0 Å². The van der Waals surface area contributed by atoms with E-state index in [1.807, 2.05) is 35.8 Å². The third-order valence-electron chi connectivity index (χ3n) is 5.96. The molecule has 2 heterocycles. The third-order valence-corrected chi connectivity index (χ3v) is 6.96. The molecule has 1 aliphatic rings. The fraction of sp³-hybridized carbons (Fsp3) is 0.500. The summed E-state index contributed by atoms with van der Waals surface area (Å²) < 4.78 is 11.6. The molecule has 2 atom stereocenters. The first-order chi connectivity index (χ1) is 15.9. The maximum atomic E-state index is 13.4. The van der Waals surface area contributed by atoms with Crippen molar-refractivity contribution >= 4 is 17.2 Å². The number of rotatable bonds is 12. The predicted octanol–water partition coefficient (Wildman–Crippen LogP) is 3.76. The minimum atomic E-state index is -0.647. The van der Waals surface area contributed by atoms with Gasteiger partial charge in [-0.05, 0) is 55.5 Å². The molecular weight excluding hydrogens is 436 g/mol. The highest BCUT2D eigenvalue weighted by Gasteiger charge is 2.33. The smallest absolute Gasteiger partial charge is 0.237 e. The summed E-state index contributed by atoms with van der Waals surface area (Å²) in [7, 11) is 0. The Balaban J connectivity index is 1.67. The molecule has 7 heteroatoms. The number of thiophene rings is 1. The van der Waals surface area contributed by atoms with Gasteiger partial charge in [0.1, 0.15) is 12.4 Å². The van der Waals surface area contributed by atoms with Crippen LogP contribution in [0.1, 0.15) is 34.5 Å². The number of fused-ring (bicyclic) bond motifs is 1. The lowest BCUT2D eigenvalue weighted by molar-refractivity contribution is -0.136. The van der Waals surface area contributed by atoms with E-state index in [9.17, 15) is 9.90 Å². The van der Waals surface area contributed by atoms with Gasteiger partial charge in [-0.25, -0.2) is 0 Å². The molecule has 0 spiro atoms. The second-order valence-electron chi connectivity index (χ2n) is 8.54. The molecule has 33 heavy (non-hydrogen) atoms. The van der Waals surface area contributed by atoms with Crippen LogP contribution in [0.5, 0.6) is 5.75 Å². The number of benzene rings is 1. The van der Waals surface area contributed by atoms with Gasteiger partial charge in [0.15, 0.2) is 0 Å². The van der Waals surface area contributed by atoms with Crippen molar-refractivity contribution in [3.05, 3.63) is 63.9 Å². The lowest BCUT2D eigenvalue weighted by atomic mass is 10.00. The van der Waals surface area contributed by atoms with Crippen molar-refractivity contribution in [3.63, 3.8) is 0 Å². The molecule has 180 valence electrons. The number of hydrogen-bond donors (Lipinski definition) is 1. The molecule has 1 N–H and O–H groups in total. The standard InChI is InChI=1S/C26H36N2O4S/c1-5-12-31-17-21(29)15-27(6-2)16-26(30)28-11-9-25-22(10-13-33-25)23(28)18-32-24-8-7-19(3)14-20(24)4/h5,7-8,10,13-14,21,23,29H,1,6,9,11-12,15-18H2,2-4H3/t21-,23-/m0/s1. The zero-order chi connectivity index (χ0) is 23.8. The van der Waals surface area contributed by atoms with Gasteiger partial charge in [-0.3, -0.25) is 9.69 Å². The summed E-state index contributed by atoms with van der Waals surface area (Å²) in [5.74, 6) is 0.912. The lowest BCUT2D eigenvalue weighted by Crippen LogP contribution is -2.48. The molecule has 0 unspecified atom stereocenters. The molecule has 6 nitrogen and oxygen atoms in total. The van der Waals surface area contributed by atoms with Crippen LogP contribution in [0.25, 0.3) is 0 Å². The highest BCUT2D eigenvalue weighted by Crippen LogP contribution is 2.34. The van der Waals surface area contributed by atoms with Gasteiger partial charge in [0.05, 0.1) is 31.9 Å². The Morgan fingerprint density at radius 2 is 2.21 bits per heavy atom. The minimum absolute atomic E-state index is 0.0575. The molecule has 0 saturated heterocycles. The Bertz CT molecular complexity index is 929. The number of nitrogens with zero attached hydrogens (tertiary/aromatic N) is 2. The van der Waals surface area contributed by atoms with Crippen LogP contribution in [0.4, 0.5) is 0 Å². The number of aliphatic hydroxyl groups excluding tert-OH is 1. The second kappa shape index (κ2) is 12.3. The van der Waals surface area contributed by atoms with Crippen LogP contribution in [-0.4, -0.2) is 72.9 Å². The van der Waals surface area contributed by atoms with Crippen LogP contribution < -0.4 is 4.74 Å². The predicted molar refractivity (Wildman–Crippen MR) is 133 cm³/mol. The van der Waals surface area contributed by atoms with E-state index in [1.54, 1.807) is 17.4 Å². The number of amides is 1. The van der Waals surface area contributed by atoms with Crippen LogP contribution in [0.3, 0.4) is 0 Å². The quantitative estimate of drug-likeness (QED) is 0.377. The largest absolute Gasteiger partial charge is 0.491 e. The number of hydrogen-bond acceptors (Lipinski definition) is 6. The van der Waals surface area contributed by atoms with Gasteiger partial charge in [0.2, 0.25) is 5.91 Å². The van der Waals surface area contributed by atoms with Crippen molar-refractivity contribution in [1.29, 1.82) is 0 Å². The van der Waals surface area contributed by atoms with E-state index in [-0.39, 0.29) is 25.1 Å². The first kappa shape index (κ1) is 25.4. The van der Waals surface area contributed by atoms with Crippen molar-refractivity contribution in [2.24, 2.45) is 0 Å². The molecular formula is C26H36N2O4S. The normalized spacial score (nSPS) is 16.5.